The summed E-state index contributed by atoms with van der Waals surface area (Å²) in [5, 5.41) is 5.12. The number of Topliss-reactive ketones (excluding diaryl/α,β-unsaturated/α-hetero) is 1. The Morgan fingerprint density at radius 2 is 1.65 bits per heavy atom. The third kappa shape index (κ3) is 4.15. The number of ketones is 1. The van der Waals surface area contributed by atoms with Gasteiger partial charge in [0, 0.05) is 10.9 Å². The van der Waals surface area contributed by atoms with Crippen LogP contribution in [0.1, 0.15) is 50.9 Å². The quantitative estimate of drug-likeness (QED) is 0.321. The molecule has 6 nitrogen and oxygen atoms in total. The molecule has 6 heteroatoms. The number of hydrogen-bond donors (Lipinski definition) is 0. The number of aromatic nitrogens is 2. The highest BCUT2D eigenvalue weighted by Gasteiger charge is 2.25. The topological polar surface area (TPSA) is 78.3 Å². The Labute approximate surface area is 196 Å². The zero-order valence-electron chi connectivity index (χ0n) is 18.9. The molecule has 1 aliphatic rings. The molecular weight excluding hydrogens is 428 g/mol. The monoisotopic (exact) mass is 452 g/mol. The lowest BCUT2D eigenvalue weighted by Gasteiger charge is -2.15. The lowest BCUT2D eigenvalue weighted by atomic mass is 10.0. The van der Waals surface area contributed by atoms with Gasteiger partial charge in [0.1, 0.15) is 0 Å². The predicted octanol–water partition coefficient (Wildman–Crippen LogP) is 4.36. The van der Waals surface area contributed by atoms with Crippen LogP contribution in [0.5, 0.6) is 0 Å². The summed E-state index contributed by atoms with van der Waals surface area (Å²) < 4.78 is 6.82. The van der Waals surface area contributed by atoms with Crippen molar-refractivity contribution in [1.82, 2.24) is 9.78 Å². The highest BCUT2D eigenvalue weighted by atomic mass is 16.5. The molecule has 3 aromatic carbocycles. The first-order valence-corrected chi connectivity index (χ1v) is 11.4. The van der Waals surface area contributed by atoms with Gasteiger partial charge in [-0.05, 0) is 55.0 Å². The predicted molar refractivity (Wildman–Crippen MR) is 129 cm³/mol. The average molecular weight is 453 g/mol. The number of aryl methyl sites for hydroxylation is 2. The first-order chi connectivity index (χ1) is 16.5. The Morgan fingerprint density at radius 3 is 2.44 bits per heavy atom. The van der Waals surface area contributed by atoms with E-state index in [1.807, 2.05) is 42.5 Å². The molecule has 0 amide bonds. The fraction of sp³-hybridized carbons (Fsp3) is 0.214. The van der Waals surface area contributed by atoms with Crippen molar-refractivity contribution in [2.24, 2.45) is 0 Å². The number of ether oxygens (including phenoxy) is 1. The molecule has 0 aliphatic heterocycles. The summed E-state index contributed by atoms with van der Waals surface area (Å²) in [6, 6.07) is 21.9. The Balaban J connectivity index is 1.44. The van der Waals surface area contributed by atoms with E-state index in [0.29, 0.717) is 16.3 Å². The van der Waals surface area contributed by atoms with Gasteiger partial charge in [-0.2, -0.15) is 5.10 Å². The van der Waals surface area contributed by atoms with Crippen LogP contribution in [-0.4, -0.2) is 27.6 Å². The van der Waals surface area contributed by atoms with E-state index in [4.69, 9.17) is 4.74 Å². The normalized spacial score (nSPS) is 13.4. The average Bonchev–Trinajstić information content (AvgIpc) is 3.34. The molecule has 0 spiro atoms. The highest BCUT2D eigenvalue weighted by Crippen LogP contribution is 2.24. The number of esters is 1. The summed E-state index contributed by atoms with van der Waals surface area (Å²) >= 11 is 0. The second kappa shape index (κ2) is 9.06. The van der Waals surface area contributed by atoms with Gasteiger partial charge in [0.25, 0.3) is 5.56 Å². The molecule has 1 heterocycles. The van der Waals surface area contributed by atoms with Gasteiger partial charge >= 0.3 is 5.97 Å². The van der Waals surface area contributed by atoms with E-state index in [-0.39, 0.29) is 23.6 Å². The number of carbonyl (C=O) groups excluding carboxylic acids is 2. The molecule has 5 rings (SSSR count). The Hall–Kier alpha value is -4.06. The van der Waals surface area contributed by atoms with Gasteiger partial charge in [-0.15, -0.1) is 0 Å². The molecule has 0 saturated carbocycles. The molecule has 170 valence electrons. The number of benzene rings is 3. The maximum atomic E-state index is 13.2. The Bertz CT molecular complexity index is 1460. The molecule has 1 unspecified atom stereocenters. The number of fused-ring (bicyclic) bond motifs is 2. The Morgan fingerprint density at radius 1 is 0.941 bits per heavy atom. The van der Waals surface area contributed by atoms with Crippen molar-refractivity contribution in [1.29, 1.82) is 0 Å². The number of rotatable bonds is 6. The molecule has 0 radical (unpaired) electrons. The maximum Gasteiger partial charge on any atom is 0.360 e. The lowest BCUT2D eigenvalue weighted by Crippen LogP contribution is -2.29. The SMILES string of the molecule is CC(OC(=O)c1nn(Cc2ccccc2)c(=O)c2ccccc12)C(=O)c1ccc2c(c1)CCC2. The van der Waals surface area contributed by atoms with Crippen LogP contribution in [0.15, 0.2) is 77.6 Å². The molecule has 4 aromatic rings. The van der Waals surface area contributed by atoms with E-state index in [1.54, 1.807) is 37.3 Å². The van der Waals surface area contributed by atoms with Crippen LogP contribution in [-0.2, 0) is 24.1 Å². The van der Waals surface area contributed by atoms with E-state index >= 15 is 0 Å². The van der Waals surface area contributed by atoms with Crippen molar-refractivity contribution in [3.63, 3.8) is 0 Å². The molecular formula is C28H24N2O4. The fourth-order valence-corrected chi connectivity index (χ4v) is 4.48. The Kier molecular flexibility index (Phi) is 5.80. The number of carbonyl (C=O) groups is 2. The maximum absolute atomic E-state index is 13.2. The van der Waals surface area contributed by atoms with E-state index in [2.05, 4.69) is 5.10 Å². The van der Waals surface area contributed by atoms with Crippen LogP contribution >= 0.6 is 0 Å². The van der Waals surface area contributed by atoms with E-state index in [9.17, 15) is 14.4 Å². The van der Waals surface area contributed by atoms with E-state index < -0.39 is 12.1 Å². The molecule has 0 bridgehead atoms. The van der Waals surface area contributed by atoms with Crippen LogP contribution in [0.4, 0.5) is 0 Å². The van der Waals surface area contributed by atoms with Crippen molar-refractivity contribution in [2.45, 2.75) is 38.8 Å². The minimum absolute atomic E-state index is 0.0136. The summed E-state index contributed by atoms with van der Waals surface area (Å²) in [6.07, 6.45) is 2.10. The number of nitrogens with zero attached hydrogens (tertiary/aromatic N) is 2. The van der Waals surface area contributed by atoms with Gasteiger partial charge in [-0.3, -0.25) is 9.59 Å². The molecule has 1 aliphatic carbocycles. The second-order valence-corrected chi connectivity index (χ2v) is 8.59. The first kappa shape index (κ1) is 21.8. The minimum Gasteiger partial charge on any atom is -0.449 e. The van der Waals surface area contributed by atoms with Gasteiger partial charge in [0.2, 0.25) is 5.78 Å². The van der Waals surface area contributed by atoms with Crippen molar-refractivity contribution < 1.29 is 14.3 Å². The summed E-state index contributed by atoms with van der Waals surface area (Å²) in [5.74, 6) is -0.995. The lowest BCUT2D eigenvalue weighted by molar-refractivity contribution is 0.0313. The molecule has 34 heavy (non-hydrogen) atoms. The van der Waals surface area contributed by atoms with Crippen LogP contribution in [0.25, 0.3) is 10.8 Å². The minimum atomic E-state index is -0.984. The zero-order valence-corrected chi connectivity index (χ0v) is 18.9. The highest BCUT2D eigenvalue weighted by molar-refractivity contribution is 6.05. The van der Waals surface area contributed by atoms with Gasteiger partial charge in [-0.25, -0.2) is 9.48 Å². The first-order valence-electron chi connectivity index (χ1n) is 11.4. The van der Waals surface area contributed by atoms with Crippen LogP contribution in [0, 0.1) is 0 Å². The van der Waals surface area contributed by atoms with Crippen LogP contribution in [0.2, 0.25) is 0 Å². The van der Waals surface area contributed by atoms with Crippen molar-refractivity contribution in [3.05, 3.63) is 111 Å². The smallest absolute Gasteiger partial charge is 0.360 e. The van der Waals surface area contributed by atoms with Gasteiger partial charge in [0.05, 0.1) is 11.9 Å². The van der Waals surface area contributed by atoms with E-state index in [0.717, 1.165) is 24.8 Å². The van der Waals surface area contributed by atoms with E-state index in [1.165, 1.54) is 15.8 Å². The fourth-order valence-electron chi connectivity index (χ4n) is 4.48. The summed E-state index contributed by atoms with van der Waals surface area (Å²) in [7, 11) is 0. The van der Waals surface area contributed by atoms with Crippen molar-refractivity contribution in [3.8, 4) is 0 Å². The molecule has 0 fully saturated rings. The summed E-state index contributed by atoms with van der Waals surface area (Å²) in [6.45, 7) is 1.78. The van der Waals surface area contributed by atoms with Gasteiger partial charge in [-0.1, -0.05) is 60.7 Å². The third-order valence-electron chi connectivity index (χ3n) is 6.27. The van der Waals surface area contributed by atoms with Crippen molar-refractivity contribution in [2.75, 3.05) is 0 Å². The number of hydrogen-bond acceptors (Lipinski definition) is 5. The third-order valence-corrected chi connectivity index (χ3v) is 6.27. The zero-order chi connectivity index (χ0) is 23.7. The van der Waals surface area contributed by atoms with Gasteiger partial charge < -0.3 is 4.74 Å². The molecule has 0 N–H and O–H groups in total. The van der Waals surface area contributed by atoms with Crippen molar-refractivity contribution >= 4 is 22.5 Å². The molecule has 0 saturated heterocycles. The molecule has 1 atom stereocenters. The largest absolute Gasteiger partial charge is 0.449 e. The van der Waals surface area contributed by atoms with Crippen LogP contribution in [0.3, 0.4) is 0 Å². The standard InChI is InChI=1S/C28H24N2O4/c1-18(26(31)22-15-14-20-10-7-11-21(20)16-22)34-28(33)25-23-12-5-6-13-24(23)27(32)30(29-25)17-19-8-3-2-4-9-19/h2-6,8-9,12-16,18H,7,10-11,17H2,1H3. The summed E-state index contributed by atoms with van der Waals surface area (Å²) in [5.41, 5.74) is 3.60. The second-order valence-electron chi connectivity index (χ2n) is 8.59. The molecule has 1 aromatic heterocycles. The van der Waals surface area contributed by atoms with Gasteiger partial charge in [0.15, 0.2) is 11.8 Å². The summed E-state index contributed by atoms with van der Waals surface area (Å²) in [4.78, 5) is 39.2. The van der Waals surface area contributed by atoms with Crippen LogP contribution < -0.4 is 5.56 Å².